The third kappa shape index (κ3) is 5.90. The number of anilines is 1. The third-order valence-electron chi connectivity index (χ3n) is 8.11. The van der Waals surface area contributed by atoms with Gasteiger partial charge in [0.05, 0.1) is 11.0 Å². The van der Waals surface area contributed by atoms with Gasteiger partial charge in [-0.2, -0.15) is 0 Å². The molecule has 2 saturated heterocycles. The molecule has 6 rings (SSSR count). The molecule has 1 aromatic carbocycles. The topological polar surface area (TPSA) is 122 Å². The van der Waals surface area contributed by atoms with Gasteiger partial charge in [0.15, 0.2) is 5.82 Å². The quantitative estimate of drug-likeness (QED) is 0.367. The van der Waals surface area contributed by atoms with Gasteiger partial charge in [0.2, 0.25) is 5.91 Å². The van der Waals surface area contributed by atoms with Gasteiger partial charge in [-0.1, -0.05) is 6.07 Å². The molecule has 41 heavy (non-hydrogen) atoms. The highest BCUT2D eigenvalue weighted by molar-refractivity contribution is 5.86. The first-order chi connectivity index (χ1) is 19.9. The molecule has 0 unspecified atom stereocenters. The highest BCUT2D eigenvalue weighted by Crippen LogP contribution is 2.34. The number of likely N-dealkylation sites (tertiary alicyclic amines) is 2. The van der Waals surface area contributed by atoms with E-state index in [4.69, 9.17) is 10.7 Å². The van der Waals surface area contributed by atoms with Crippen molar-refractivity contribution in [3.63, 3.8) is 0 Å². The zero-order valence-corrected chi connectivity index (χ0v) is 22.7. The lowest BCUT2D eigenvalue weighted by atomic mass is 9.93. The van der Waals surface area contributed by atoms with E-state index in [1.807, 2.05) is 35.2 Å². The summed E-state index contributed by atoms with van der Waals surface area (Å²) in [5.41, 5.74) is 8.49. The lowest BCUT2D eigenvalue weighted by Crippen LogP contribution is -2.45. The van der Waals surface area contributed by atoms with Crippen LogP contribution in [0.4, 0.5) is 15.0 Å². The van der Waals surface area contributed by atoms with Crippen molar-refractivity contribution in [2.24, 2.45) is 11.7 Å². The molecule has 3 amide bonds. The Morgan fingerprint density at radius 2 is 1.76 bits per heavy atom. The fraction of sp³-hybridized carbons (Fsp3) is 0.367. The molecule has 0 spiro atoms. The van der Waals surface area contributed by atoms with Crippen LogP contribution in [0.25, 0.3) is 22.6 Å². The number of benzene rings is 1. The first-order valence-electron chi connectivity index (χ1n) is 14.1. The molecule has 2 fully saturated rings. The van der Waals surface area contributed by atoms with E-state index in [0.717, 1.165) is 67.9 Å². The molecule has 5 heterocycles. The van der Waals surface area contributed by atoms with Gasteiger partial charge in [-0.15, -0.1) is 0 Å². The van der Waals surface area contributed by atoms with Gasteiger partial charge in [-0.05, 0) is 80.7 Å². The summed E-state index contributed by atoms with van der Waals surface area (Å²) >= 11 is 0. The predicted molar refractivity (Wildman–Crippen MR) is 153 cm³/mol. The molecule has 2 aliphatic rings. The van der Waals surface area contributed by atoms with E-state index in [1.54, 1.807) is 18.5 Å². The van der Waals surface area contributed by atoms with Crippen LogP contribution >= 0.6 is 0 Å². The van der Waals surface area contributed by atoms with E-state index in [-0.39, 0.29) is 23.7 Å². The number of primary amides is 1. The number of fused-ring (bicyclic) bond motifs is 1. The summed E-state index contributed by atoms with van der Waals surface area (Å²) in [6, 6.07) is 13.7. The largest absolute Gasteiger partial charge is 0.351 e. The number of imidazole rings is 1. The van der Waals surface area contributed by atoms with Crippen molar-refractivity contribution in [3.8, 4) is 11.5 Å². The van der Waals surface area contributed by atoms with Crippen LogP contribution in [0.15, 0.2) is 60.9 Å². The smallest absolute Gasteiger partial charge is 0.317 e. The lowest BCUT2D eigenvalue weighted by molar-refractivity contribution is -0.138. The number of carbonyl (C=O) groups excluding carboxylic acids is 2. The highest BCUT2D eigenvalue weighted by Gasteiger charge is 2.32. The minimum absolute atomic E-state index is 0.0217. The molecule has 11 heteroatoms. The zero-order valence-electron chi connectivity index (χ0n) is 22.7. The average Bonchev–Trinajstić information content (AvgIpc) is 3.36. The molecule has 212 valence electrons. The summed E-state index contributed by atoms with van der Waals surface area (Å²) in [6.07, 6.45) is 6.63. The van der Waals surface area contributed by atoms with Gasteiger partial charge < -0.3 is 15.2 Å². The van der Waals surface area contributed by atoms with Gasteiger partial charge in [0.1, 0.15) is 17.3 Å². The Labute approximate surface area is 237 Å². The van der Waals surface area contributed by atoms with Crippen LogP contribution in [0.5, 0.6) is 0 Å². The molecule has 0 aliphatic carbocycles. The Balaban J connectivity index is 1.07. The molecule has 4 aromatic rings. The second-order valence-corrected chi connectivity index (χ2v) is 10.8. The van der Waals surface area contributed by atoms with Crippen LogP contribution in [0.3, 0.4) is 0 Å². The van der Waals surface area contributed by atoms with Gasteiger partial charge in [0, 0.05) is 50.1 Å². The first-order valence-corrected chi connectivity index (χ1v) is 14.1. The van der Waals surface area contributed by atoms with E-state index in [0.29, 0.717) is 24.4 Å². The number of carbonyl (C=O) groups is 2. The number of amides is 3. The number of nitrogens with two attached hydrogens (primary N) is 1. The molecule has 2 aliphatic heterocycles. The summed E-state index contributed by atoms with van der Waals surface area (Å²) in [7, 11) is 0. The number of piperidine rings is 2. The molecule has 0 radical (unpaired) electrons. The molecular weight excluding hydrogens is 523 g/mol. The van der Waals surface area contributed by atoms with Crippen LogP contribution < -0.4 is 11.1 Å². The normalized spacial score (nSPS) is 17.1. The Morgan fingerprint density at radius 1 is 0.951 bits per heavy atom. The number of nitrogens with one attached hydrogen (secondary N) is 1. The summed E-state index contributed by atoms with van der Waals surface area (Å²) in [5.74, 6) is 1.12. The Bertz CT molecular complexity index is 1540. The maximum atomic E-state index is 14.0. The Morgan fingerprint density at radius 3 is 2.49 bits per heavy atom. The van der Waals surface area contributed by atoms with Crippen molar-refractivity contribution in [2.45, 2.75) is 38.3 Å². The Hall–Kier alpha value is -4.38. The molecular formula is C30H33FN8O2. The molecule has 3 N–H and O–H groups in total. The summed E-state index contributed by atoms with van der Waals surface area (Å²) in [5, 5.41) is 2.51. The van der Waals surface area contributed by atoms with Crippen molar-refractivity contribution >= 4 is 28.8 Å². The van der Waals surface area contributed by atoms with Crippen LogP contribution in [0.1, 0.15) is 37.3 Å². The number of aromatic nitrogens is 4. The molecule has 10 nitrogen and oxygen atoms in total. The first kappa shape index (κ1) is 26.8. The van der Waals surface area contributed by atoms with Crippen LogP contribution in [0, 0.1) is 11.7 Å². The molecule has 0 atom stereocenters. The van der Waals surface area contributed by atoms with E-state index in [1.165, 1.54) is 12.1 Å². The number of hydrogen-bond donors (Lipinski definition) is 2. The maximum absolute atomic E-state index is 14.0. The van der Waals surface area contributed by atoms with Crippen LogP contribution in [-0.2, 0) is 11.3 Å². The fourth-order valence-electron chi connectivity index (χ4n) is 6.08. The summed E-state index contributed by atoms with van der Waals surface area (Å²) in [4.78, 5) is 42.3. The third-order valence-corrected chi connectivity index (χ3v) is 8.11. The standard InChI is InChI=1S/C30H33FN8O2/c31-22-4-5-26-25(18-22)35-28(24-3-1-2-11-33-24)39(26)23-9-15-38(16-10-23)29(40)21-7-13-37(14-8-21)19-20-6-12-34-27(17-20)36-30(32)41/h1-6,11-12,17-18,21,23H,7-10,13-16,19H2,(H3,32,34,36,41). The Kier molecular flexibility index (Phi) is 7.60. The van der Waals surface area contributed by atoms with Gasteiger partial charge in [-0.25, -0.2) is 19.2 Å². The van der Waals surface area contributed by atoms with Crippen molar-refractivity contribution in [1.29, 1.82) is 0 Å². The second-order valence-electron chi connectivity index (χ2n) is 10.8. The minimum atomic E-state index is -0.638. The number of nitrogens with zero attached hydrogens (tertiary/aromatic N) is 6. The number of halogens is 1. The number of rotatable bonds is 6. The lowest BCUT2D eigenvalue weighted by Gasteiger charge is -2.38. The number of urea groups is 1. The highest BCUT2D eigenvalue weighted by atomic mass is 19.1. The number of hydrogen-bond acceptors (Lipinski definition) is 6. The predicted octanol–water partition coefficient (Wildman–Crippen LogP) is 4.20. The maximum Gasteiger partial charge on any atom is 0.317 e. The molecule has 3 aromatic heterocycles. The summed E-state index contributed by atoms with van der Waals surface area (Å²) in [6.45, 7) is 3.75. The average molecular weight is 557 g/mol. The van der Waals surface area contributed by atoms with E-state index in [2.05, 4.69) is 24.8 Å². The monoisotopic (exact) mass is 556 g/mol. The fourth-order valence-corrected chi connectivity index (χ4v) is 6.08. The van der Waals surface area contributed by atoms with Gasteiger partial charge in [0.25, 0.3) is 0 Å². The van der Waals surface area contributed by atoms with Gasteiger partial charge in [-0.3, -0.25) is 20.0 Å². The van der Waals surface area contributed by atoms with Crippen LogP contribution in [-0.4, -0.2) is 67.4 Å². The van der Waals surface area contributed by atoms with Gasteiger partial charge >= 0.3 is 6.03 Å². The van der Waals surface area contributed by atoms with E-state index < -0.39 is 6.03 Å². The zero-order chi connectivity index (χ0) is 28.3. The van der Waals surface area contributed by atoms with Crippen molar-refractivity contribution in [3.05, 3.63) is 72.3 Å². The van der Waals surface area contributed by atoms with Crippen LogP contribution in [0.2, 0.25) is 0 Å². The molecule has 0 bridgehead atoms. The van der Waals surface area contributed by atoms with Crippen molar-refractivity contribution in [1.82, 2.24) is 29.3 Å². The summed E-state index contributed by atoms with van der Waals surface area (Å²) < 4.78 is 16.2. The van der Waals surface area contributed by atoms with E-state index >= 15 is 0 Å². The van der Waals surface area contributed by atoms with Crippen molar-refractivity contribution < 1.29 is 14.0 Å². The SMILES string of the molecule is NC(=O)Nc1cc(CN2CCC(C(=O)N3CCC(n4c(-c5ccccn5)nc5cc(F)ccc54)CC3)CC2)ccn1. The minimum Gasteiger partial charge on any atom is -0.351 e. The van der Waals surface area contributed by atoms with Crippen molar-refractivity contribution in [2.75, 3.05) is 31.5 Å². The van der Waals surface area contributed by atoms with E-state index in [9.17, 15) is 14.0 Å². The molecule has 0 saturated carbocycles. The second kappa shape index (κ2) is 11.6. The number of pyridine rings is 2.